The first-order chi connectivity index (χ1) is 5.68. The Labute approximate surface area is 87.2 Å². The maximum absolute atomic E-state index is 10.1. The maximum Gasteiger partial charge on any atom is 0.328 e. The van der Waals surface area contributed by atoms with Crippen molar-refractivity contribution < 1.29 is 9.90 Å². The number of hydrogen-bond acceptors (Lipinski definition) is 1. The summed E-state index contributed by atoms with van der Waals surface area (Å²) >= 11 is 5.63. The van der Waals surface area contributed by atoms with Crippen LogP contribution in [-0.4, -0.2) is 11.1 Å². The largest absolute Gasteiger partial charge is 0.478 e. The Bertz CT molecular complexity index is 304. The molecule has 0 aromatic heterocycles. The minimum absolute atomic E-state index is 0. The van der Waals surface area contributed by atoms with Crippen molar-refractivity contribution in [3.05, 3.63) is 40.9 Å². The zero-order valence-corrected chi connectivity index (χ0v) is 8.18. The van der Waals surface area contributed by atoms with E-state index in [0.717, 1.165) is 11.6 Å². The number of carboxylic acids is 1. The average molecular weight is 219 g/mol. The Morgan fingerprint density at radius 3 is 2.31 bits per heavy atom. The molecule has 0 radical (unpaired) electrons. The fourth-order valence-electron chi connectivity index (χ4n) is 0.741. The van der Waals surface area contributed by atoms with E-state index in [1.54, 1.807) is 24.3 Å². The number of carbonyl (C=O) groups is 1. The molecular weight excluding hydrogens is 211 g/mol. The second-order valence-corrected chi connectivity index (χ2v) is 2.66. The van der Waals surface area contributed by atoms with Crippen LogP contribution in [0.2, 0.25) is 5.02 Å². The van der Waals surface area contributed by atoms with Crippen molar-refractivity contribution in [1.29, 1.82) is 0 Å². The van der Waals surface area contributed by atoms with Crippen LogP contribution in [0.1, 0.15) is 5.56 Å². The van der Waals surface area contributed by atoms with Crippen molar-refractivity contribution in [1.82, 2.24) is 0 Å². The van der Waals surface area contributed by atoms with E-state index < -0.39 is 5.97 Å². The highest BCUT2D eigenvalue weighted by Crippen LogP contribution is 2.10. The van der Waals surface area contributed by atoms with E-state index in [4.69, 9.17) is 16.7 Å². The SMILES string of the molecule is Cl.O=C(O)/C=C/c1ccc(Cl)cc1. The van der Waals surface area contributed by atoms with Gasteiger partial charge in [-0.1, -0.05) is 23.7 Å². The first-order valence-electron chi connectivity index (χ1n) is 3.35. The van der Waals surface area contributed by atoms with E-state index in [0.29, 0.717) is 5.02 Å². The molecule has 0 spiro atoms. The first-order valence-corrected chi connectivity index (χ1v) is 3.73. The van der Waals surface area contributed by atoms with Crippen LogP contribution in [0.4, 0.5) is 0 Å². The van der Waals surface area contributed by atoms with Crippen LogP contribution in [0.15, 0.2) is 30.3 Å². The van der Waals surface area contributed by atoms with E-state index in [1.165, 1.54) is 6.08 Å². The van der Waals surface area contributed by atoms with Gasteiger partial charge >= 0.3 is 5.97 Å². The monoisotopic (exact) mass is 218 g/mol. The lowest BCUT2D eigenvalue weighted by Crippen LogP contribution is -1.85. The summed E-state index contributed by atoms with van der Waals surface area (Å²) < 4.78 is 0. The molecule has 0 aliphatic rings. The minimum atomic E-state index is -0.954. The summed E-state index contributed by atoms with van der Waals surface area (Å²) in [5.74, 6) is -0.954. The Hall–Kier alpha value is -0.990. The van der Waals surface area contributed by atoms with Gasteiger partial charge in [-0.2, -0.15) is 0 Å². The summed E-state index contributed by atoms with van der Waals surface area (Å²) in [4.78, 5) is 10.1. The third kappa shape index (κ3) is 4.55. The third-order valence-corrected chi connectivity index (χ3v) is 1.54. The lowest BCUT2D eigenvalue weighted by atomic mass is 10.2. The van der Waals surface area contributed by atoms with Gasteiger partial charge in [-0.15, -0.1) is 12.4 Å². The quantitative estimate of drug-likeness (QED) is 0.776. The van der Waals surface area contributed by atoms with Crippen LogP contribution in [0.3, 0.4) is 0 Å². The second kappa shape index (κ2) is 5.62. The van der Waals surface area contributed by atoms with Gasteiger partial charge in [0.1, 0.15) is 0 Å². The van der Waals surface area contributed by atoms with Gasteiger partial charge in [0.2, 0.25) is 0 Å². The molecule has 1 N–H and O–H groups in total. The molecule has 0 fully saturated rings. The molecule has 70 valence electrons. The molecule has 0 saturated carbocycles. The smallest absolute Gasteiger partial charge is 0.328 e. The van der Waals surface area contributed by atoms with Gasteiger partial charge in [0.25, 0.3) is 0 Å². The molecule has 1 aromatic rings. The summed E-state index contributed by atoms with van der Waals surface area (Å²) in [5, 5.41) is 8.96. The standard InChI is InChI=1S/C9H7ClO2.ClH/c10-8-4-1-7(2-5-8)3-6-9(11)12;/h1-6H,(H,11,12);1H/b6-3+;. The van der Waals surface area contributed by atoms with E-state index in [2.05, 4.69) is 0 Å². The van der Waals surface area contributed by atoms with Crippen molar-refractivity contribution in [2.75, 3.05) is 0 Å². The number of hydrogen-bond donors (Lipinski definition) is 1. The Kier molecular flexibility index (Phi) is 5.19. The van der Waals surface area contributed by atoms with Gasteiger partial charge in [0, 0.05) is 11.1 Å². The second-order valence-electron chi connectivity index (χ2n) is 2.22. The van der Waals surface area contributed by atoms with Crippen LogP contribution in [-0.2, 0) is 4.79 Å². The molecular formula is C9H8Cl2O2. The highest BCUT2D eigenvalue weighted by atomic mass is 35.5. The van der Waals surface area contributed by atoms with Crippen LogP contribution in [0.5, 0.6) is 0 Å². The maximum atomic E-state index is 10.1. The summed E-state index contributed by atoms with van der Waals surface area (Å²) in [7, 11) is 0. The molecule has 0 aliphatic heterocycles. The predicted octanol–water partition coefficient (Wildman–Crippen LogP) is 2.86. The Morgan fingerprint density at radius 1 is 1.31 bits per heavy atom. The number of rotatable bonds is 2. The molecule has 2 nitrogen and oxygen atoms in total. The topological polar surface area (TPSA) is 37.3 Å². The normalized spacial score (nSPS) is 9.62. The predicted molar refractivity (Wildman–Crippen MR) is 55.4 cm³/mol. The van der Waals surface area contributed by atoms with Gasteiger partial charge in [-0.3, -0.25) is 0 Å². The molecule has 0 bridgehead atoms. The van der Waals surface area contributed by atoms with E-state index >= 15 is 0 Å². The van der Waals surface area contributed by atoms with E-state index in [9.17, 15) is 4.79 Å². The Morgan fingerprint density at radius 2 is 1.85 bits per heavy atom. The molecule has 0 heterocycles. The van der Waals surface area contributed by atoms with Gasteiger partial charge in [-0.05, 0) is 23.8 Å². The van der Waals surface area contributed by atoms with E-state index in [-0.39, 0.29) is 12.4 Å². The summed E-state index contributed by atoms with van der Waals surface area (Å²) in [6, 6.07) is 6.93. The summed E-state index contributed by atoms with van der Waals surface area (Å²) in [6.45, 7) is 0. The molecule has 0 amide bonds. The first kappa shape index (κ1) is 12.0. The van der Waals surface area contributed by atoms with Crippen molar-refractivity contribution in [2.45, 2.75) is 0 Å². The number of benzene rings is 1. The molecule has 0 unspecified atom stereocenters. The highest BCUT2D eigenvalue weighted by molar-refractivity contribution is 6.30. The number of carboxylic acid groups (broad SMARTS) is 1. The summed E-state index contributed by atoms with van der Waals surface area (Å²) in [5.41, 5.74) is 0.821. The minimum Gasteiger partial charge on any atom is -0.478 e. The molecule has 0 saturated heterocycles. The van der Waals surface area contributed by atoms with Gasteiger partial charge in [-0.25, -0.2) is 4.79 Å². The molecule has 4 heteroatoms. The molecule has 0 aliphatic carbocycles. The van der Waals surface area contributed by atoms with Crippen molar-refractivity contribution >= 4 is 36.1 Å². The van der Waals surface area contributed by atoms with Crippen LogP contribution < -0.4 is 0 Å². The van der Waals surface area contributed by atoms with E-state index in [1.807, 2.05) is 0 Å². The van der Waals surface area contributed by atoms with Crippen LogP contribution in [0.25, 0.3) is 6.08 Å². The summed E-state index contributed by atoms with van der Waals surface area (Å²) in [6.07, 6.45) is 2.60. The fraction of sp³-hybridized carbons (Fsp3) is 0. The van der Waals surface area contributed by atoms with Crippen molar-refractivity contribution in [2.24, 2.45) is 0 Å². The zero-order chi connectivity index (χ0) is 8.97. The molecule has 1 aromatic carbocycles. The van der Waals surface area contributed by atoms with Crippen LogP contribution in [0, 0.1) is 0 Å². The van der Waals surface area contributed by atoms with Crippen LogP contribution >= 0.6 is 24.0 Å². The molecule has 1 rings (SSSR count). The lowest BCUT2D eigenvalue weighted by molar-refractivity contribution is -0.131. The third-order valence-electron chi connectivity index (χ3n) is 1.29. The van der Waals surface area contributed by atoms with Gasteiger partial charge < -0.3 is 5.11 Å². The zero-order valence-electron chi connectivity index (χ0n) is 6.61. The van der Waals surface area contributed by atoms with Crippen molar-refractivity contribution in [3.63, 3.8) is 0 Å². The molecule has 0 atom stereocenters. The molecule has 13 heavy (non-hydrogen) atoms. The van der Waals surface area contributed by atoms with Gasteiger partial charge in [0.15, 0.2) is 0 Å². The Balaban J connectivity index is 0.00000144. The fourth-order valence-corrected chi connectivity index (χ4v) is 0.867. The average Bonchev–Trinajstić information content (AvgIpc) is 2.03. The van der Waals surface area contributed by atoms with Gasteiger partial charge in [0.05, 0.1) is 0 Å². The number of aliphatic carboxylic acids is 1. The number of halogens is 2. The lowest BCUT2D eigenvalue weighted by Gasteiger charge is -1.91. The highest BCUT2D eigenvalue weighted by Gasteiger charge is 1.89. The van der Waals surface area contributed by atoms with Crippen molar-refractivity contribution in [3.8, 4) is 0 Å².